The first kappa shape index (κ1) is 17.6. The van der Waals surface area contributed by atoms with Crippen LogP contribution in [0.3, 0.4) is 0 Å². The summed E-state index contributed by atoms with van der Waals surface area (Å²) in [4.78, 5) is 24.6. The topological polar surface area (TPSA) is 47.2 Å². The molecule has 0 aromatic carbocycles. The number of aromatic nitrogens is 1. The van der Waals surface area contributed by atoms with Crippen LogP contribution in [-0.2, 0) is 20.9 Å². The quantitative estimate of drug-likeness (QED) is 0.508. The molecular formula is C16H20Br2NO3+. The fourth-order valence-electron chi connectivity index (χ4n) is 2.73. The molecule has 0 radical (unpaired) electrons. The van der Waals surface area contributed by atoms with E-state index in [1.54, 1.807) is 11.5 Å². The SMILES string of the molecule is CCCC[C@@H]1C[C@@](C)(C(=O)C[n+]2cc(Br)cc(Br)c2)OC1=O. The summed E-state index contributed by atoms with van der Waals surface area (Å²) < 4.78 is 8.97. The minimum atomic E-state index is -1.00. The van der Waals surface area contributed by atoms with Crippen molar-refractivity contribution in [3.8, 4) is 0 Å². The van der Waals surface area contributed by atoms with Crippen LogP contribution in [0.1, 0.15) is 39.5 Å². The molecule has 4 nitrogen and oxygen atoms in total. The highest BCUT2D eigenvalue weighted by Gasteiger charge is 2.49. The number of hydrogen-bond donors (Lipinski definition) is 0. The number of halogens is 2. The third kappa shape index (κ3) is 4.16. The number of ketones is 1. The molecule has 1 aliphatic rings. The van der Waals surface area contributed by atoms with Gasteiger partial charge in [0.1, 0.15) is 0 Å². The van der Waals surface area contributed by atoms with Crippen LogP contribution in [0.4, 0.5) is 0 Å². The predicted molar refractivity (Wildman–Crippen MR) is 89.2 cm³/mol. The zero-order chi connectivity index (χ0) is 16.3. The summed E-state index contributed by atoms with van der Waals surface area (Å²) >= 11 is 6.80. The zero-order valence-corrected chi connectivity index (χ0v) is 15.9. The van der Waals surface area contributed by atoms with Crippen molar-refractivity contribution in [2.24, 2.45) is 5.92 Å². The normalized spacial score (nSPS) is 24.4. The summed E-state index contributed by atoms with van der Waals surface area (Å²) in [5.41, 5.74) is -1.00. The van der Waals surface area contributed by atoms with Crippen molar-refractivity contribution >= 4 is 43.6 Å². The van der Waals surface area contributed by atoms with Gasteiger partial charge in [-0.25, -0.2) is 0 Å². The van der Waals surface area contributed by atoms with Gasteiger partial charge in [-0.1, -0.05) is 19.8 Å². The predicted octanol–water partition coefficient (Wildman–Crippen LogP) is 3.58. The number of carbonyl (C=O) groups excluding carboxylic acids is 2. The van der Waals surface area contributed by atoms with Crippen LogP contribution in [0.15, 0.2) is 27.4 Å². The van der Waals surface area contributed by atoms with Gasteiger partial charge < -0.3 is 4.74 Å². The van der Waals surface area contributed by atoms with E-state index in [-0.39, 0.29) is 24.2 Å². The average molecular weight is 434 g/mol. The van der Waals surface area contributed by atoms with Gasteiger partial charge in [-0.15, -0.1) is 0 Å². The van der Waals surface area contributed by atoms with E-state index >= 15 is 0 Å². The van der Waals surface area contributed by atoms with Crippen LogP contribution in [0.2, 0.25) is 0 Å². The fraction of sp³-hybridized carbons (Fsp3) is 0.562. The van der Waals surface area contributed by atoms with Crippen molar-refractivity contribution in [3.05, 3.63) is 27.4 Å². The Morgan fingerprint density at radius 1 is 1.41 bits per heavy atom. The van der Waals surface area contributed by atoms with E-state index in [0.717, 1.165) is 28.2 Å². The first-order valence-corrected chi connectivity index (χ1v) is 9.04. The standard InChI is InChI=1S/C16H20Br2NO3/c1-3-4-5-11-7-16(2,22-15(11)21)14(20)10-19-8-12(17)6-13(18)9-19/h6,8-9,11H,3-5,7,10H2,1-2H3/q+1/t11-,16+/m1/s1. The van der Waals surface area contributed by atoms with E-state index in [1.807, 2.05) is 18.5 Å². The average Bonchev–Trinajstić information content (AvgIpc) is 2.71. The molecule has 0 amide bonds. The Kier molecular flexibility index (Phi) is 5.77. The number of pyridine rings is 1. The van der Waals surface area contributed by atoms with Crippen LogP contribution >= 0.6 is 31.9 Å². The van der Waals surface area contributed by atoms with Crippen molar-refractivity contribution in [2.45, 2.75) is 51.7 Å². The number of ether oxygens (including phenoxy) is 1. The van der Waals surface area contributed by atoms with Crippen molar-refractivity contribution in [3.63, 3.8) is 0 Å². The number of rotatable bonds is 6. The number of nitrogens with zero attached hydrogens (tertiary/aromatic N) is 1. The Hall–Kier alpha value is -0.750. The molecular weight excluding hydrogens is 414 g/mol. The molecule has 1 aliphatic heterocycles. The second-order valence-electron chi connectivity index (χ2n) is 5.96. The lowest BCUT2D eigenvalue weighted by molar-refractivity contribution is -0.685. The Labute approximate surface area is 147 Å². The van der Waals surface area contributed by atoms with Gasteiger partial charge in [0.2, 0.25) is 12.3 Å². The molecule has 0 spiro atoms. The lowest BCUT2D eigenvalue weighted by atomic mass is 9.89. The molecule has 0 aliphatic carbocycles. The molecule has 1 aromatic heterocycles. The number of carbonyl (C=O) groups is 2. The van der Waals surface area contributed by atoms with Crippen LogP contribution in [-0.4, -0.2) is 17.4 Å². The van der Waals surface area contributed by atoms with E-state index in [4.69, 9.17) is 4.74 Å². The minimum Gasteiger partial charge on any atom is -0.451 e. The lowest BCUT2D eigenvalue weighted by Gasteiger charge is -2.19. The van der Waals surface area contributed by atoms with E-state index in [9.17, 15) is 9.59 Å². The van der Waals surface area contributed by atoms with E-state index in [0.29, 0.717) is 6.42 Å². The molecule has 120 valence electrons. The summed E-state index contributed by atoms with van der Waals surface area (Å²) in [6.45, 7) is 4.00. The number of esters is 1. The van der Waals surface area contributed by atoms with Crippen LogP contribution in [0.5, 0.6) is 0 Å². The third-order valence-corrected chi connectivity index (χ3v) is 4.84. The van der Waals surface area contributed by atoms with Crippen LogP contribution in [0, 0.1) is 5.92 Å². The summed E-state index contributed by atoms with van der Waals surface area (Å²) in [5, 5.41) is 0. The Balaban J connectivity index is 2.07. The summed E-state index contributed by atoms with van der Waals surface area (Å²) in [5.74, 6) is -0.451. The van der Waals surface area contributed by atoms with Gasteiger partial charge in [-0.3, -0.25) is 9.59 Å². The second-order valence-corrected chi connectivity index (χ2v) is 7.79. The van der Waals surface area contributed by atoms with Gasteiger partial charge in [0.15, 0.2) is 18.0 Å². The van der Waals surface area contributed by atoms with Crippen molar-refractivity contribution < 1.29 is 18.9 Å². The molecule has 0 saturated carbocycles. The largest absolute Gasteiger partial charge is 0.451 e. The maximum atomic E-state index is 12.6. The molecule has 2 heterocycles. The van der Waals surface area contributed by atoms with Gasteiger partial charge in [-0.05, 0) is 51.3 Å². The Bertz CT molecular complexity index is 571. The number of cyclic esters (lactones) is 1. The molecule has 22 heavy (non-hydrogen) atoms. The maximum Gasteiger partial charge on any atom is 0.310 e. The second kappa shape index (κ2) is 7.21. The monoisotopic (exact) mass is 432 g/mol. The summed E-state index contributed by atoms with van der Waals surface area (Å²) in [6.07, 6.45) is 6.97. The molecule has 2 atom stereocenters. The van der Waals surface area contributed by atoms with Crippen molar-refractivity contribution in [1.29, 1.82) is 0 Å². The maximum absolute atomic E-state index is 12.6. The number of Topliss-reactive ketones (excluding diaryl/α,β-unsaturated/α-hetero) is 1. The molecule has 1 aromatic rings. The van der Waals surface area contributed by atoms with Crippen molar-refractivity contribution in [2.75, 3.05) is 0 Å². The summed E-state index contributed by atoms with van der Waals surface area (Å²) in [7, 11) is 0. The van der Waals surface area contributed by atoms with Gasteiger partial charge in [-0.2, -0.15) is 4.57 Å². The Morgan fingerprint density at radius 2 is 2.05 bits per heavy atom. The number of hydrogen-bond acceptors (Lipinski definition) is 3. The van der Waals surface area contributed by atoms with Gasteiger partial charge in [0.25, 0.3) is 0 Å². The first-order chi connectivity index (χ1) is 10.3. The molecule has 1 fully saturated rings. The van der Waals surface area contributed by atoms with Crippen LogP contribution < -0.4 is 4.57 Å². The van der Waals surface area contributed by atoms with Crippen molar-refractivity contribution in [1.82, 2.24) is 0 Å². The molecule has 1 saturated heterocycles. The molecule has 0 N–H and O–H groups in total. The highest BCUT2D eigenvalue weighted by molar-refractivity contribution is 9.11. The van der Waals surface area contributed by atoms with Gasteiger partial charge >= 0.3 is 5.97 Å². The minimum absolute atomic E-state index is 0.0742. The third-order valence-electron chi connectivity index (χ3n) is 3.97. The zero-order valence-electron chi connectivity index (χ0n) is 12.8. The fourth-order valence-corrected chi connectivity index (χ4v) is 4.05. The smallest absolute Gasteiger partial charge is 0.310 e. The molecule has 0 unspecified atom stereocenters. The van der Waals surface area contributed by atoms with Gasteiger partial charge in [0, 0.05) is 6.42 Å². The lowest BCUT2D eigenvalue weighted by Crippen LogP contribution is -2.46. The van der Waals surface area contributed by atoms with E-state index in [1.165, 1.54) is 0 Å². The van der Waals surface area contributed by atoms with Crippen LogP contribution in [0.25, 0.3) is 0 Å². The molecule has 2 rings (SSSR count). The van der Waals surface area contributed by atoms with Gasteiger partial charge in [0.05, 0.1) is 14.9 Å². The first-order valence-electron chi connectivity index (χ1n) is 7.45. The molecule has 0 bridgehead atoms. The Morgan fingerprint density at radius 3 is 2.64 bits per heavy atom. The highest BCUT2D eigenvalue weighted by atomic mass is 79.9. The van der Waals surface area contributed by atoms with E-state index < -0.39 is 5.60 Å². The molecule has 6 heteroatoms. The number of unbranched alkanes of at least 4 members (excludes halogenated alkanes) is 1. The highest BCUT2D eigenvalue weighted by Crippen LogP contribution is 2.34. The summed E-state index contributed by atoms with van der Waals surface area (Å²) in [6, 6.07) is 1.90. The van der Waals surface area contributed by atoms with E-state index in [2.05, 4.69) is 38.8 Å².